The van der Waals surface area contributed by atoms with E-state index < -0.39 is 0 Å². The van der Waals surface area contributed by atoms with Crippen LogP contribution in [-0.4, -0.2) is 35.7 Å². The minimum absolute atomic E-state index is 0.0364. The van der Waals surface area contributed by atoms with Crippen molar-refractivity contribution in [2.45, 2.75) is 51.5 Å². The van der Waals surface area contributed by atoms with Gasteiger partial charge in [-0.3, -0.25) is 0 Å². The Kier molecular flexibility index (Phi) is 4.69. The van der Waals surface area contributed by atoms with Gasteiger partial charge in [0.15, 0.2) is 0 Å². The average Bonchev–Trinajstić information content (AvgIpc) is 2.47. The molecule has 1 saturated heterocycles. The summed E-state index contributed by atoms with van der Waals surface area (Å²) >= 11 is 6.05. The van der Waals surface area contributed by atoms with Crippen LogP contribution in [0.15, 0.2) is 24.3 Å². The molecule has 2 unspecified atom stereocenters. The molecule has 0 aromatic heterocycles. The molecule has 4 heteroatoms. The van der Waals surface area contributed by atoms with Crippen molar-refractivity contribution in [1.82, 2.24) is 4.90 Å². The molecule has 1 aliphatic heterocycles. The number of halogens is 1. The Balaban J connectivity index is 2.04. The Morgan fingerprint density at radius 3 is 2.43 bits per heavy atom. The predicted molar refractivity (Wildman–Crippen MR) is 88.5 cm³/mol. The van der Waals surface area contributed by atoms with Gasteiger partial charge >= 0.3 is 0 Å². The predicted octanol–water partition coefficient (Wildman–Crippen LogP) is 3.30. The van der Waals surface area contributed by atoms with Crippen molar-refractivity contribution in [1.29, 1.82) is 0 Å². The fraction of sp³-hybridized carbons (Fsp3) is 0.647. The number of nitrogens with two attached hydrogens (primary N) is 1. The molecule has 0 radical (unpaired) electrons. The highest BCUT2D eigenvalue weighted by molar-refractivity contribution is 6.30. The van der Waals surface area contributed by atoms with Crippen LogP contribution in [0.25, 0.3) is 0 Å². The van der Waals surface area contributed by atoms with Crippen LogP contribution in [0.2, 0.25) is 5.02 Å². The minimum atomic E-state index is -0.273. The smallest absolute Gasteiger partial charge is 0.0788 e. The monoisotopic (exact) mass is 310 g/mol. The number of nitrogens with zero attached hydrogens (tertiary/aromatic N) is 1. The highest BCUT2D eigenvalue weighted by atomic mass is 35.5. The molecule has 0 spiro atoms. The van der Waals surface area contributed by atoms with Gasteiger partial charge in [0, 0.05) is 30.1 Å². The van der Waals surface area contributed by atoms with Gasteiger partial charge in [-0.15, -0.1) is 0 Å². The number of rotatable bonds is 4. The number of hydrogen-bond donors (Lipinski definition) is 1. The Hall–Kier alpha value is -0.610. The van der Waals surface area contributed by atoms with Gasteiger partial charge in [0.1, 0.15) is 0 Å². The summed E-state index contributed by atoms with van der Waals surface area (Å²) in [7, 11) is 2.12. The molecule has 0 saturated carbocycles. The normalized spacial score (nSPS) is 27.2. The second-order valence-electron chi connectivity index (χ2n) is 7.27. The molecule has 1 aromatic rings. The molecule has 3 nitrogen and oxygen atoms in total. The van der Waals surface area contributed by atoms with Gasteiger partial charge in [-0.25, -0.2) is 0 Å². The molecule has 0 aliphatic carbocycles. The first kappa shape index (κ1) is 16.8. The summed E-state index contributed by atoms with van der Waals surface area (Å²) in [5.41, 5.74) is 7.17. The summed E-state index contributed by atoms with van der Waals surface area (Å²) < 4.78 is 6.16. The number of hydrogen-bond acceptors (Lipinski definition) is 3. The lowest BCUT2D eigenvalue weighted by molar-refractivity contribution is -0.0782. The van der Waals surface area contributed by atoms with Crippen LogP contribution in [0.3, 0.4) is 0 Å². The van der Waals surface area contributed by atoms with Crippen LogP contribution < -0.4 is 5.73 Å². The fourth-order valence-corrected chi connectivity index (χ4v) is 3.63. The van der Waals surface area contributed by atoms with Crippen molar-refractivity contribution in [2.75, 3.05) is 13.6 Å². The van der Waals surface area contributed by atoms with Gasteiger partial charge in [-0.05, 0) is 52.4 Å². The average molecular weight is 311 g/mol. The van der Waals surface area contributed by atoms with Crippen LogP contribution in [0.4, 0.5) is 0 Å². The second-order valence-corrected chi connectivity index (χ2v) is 7.70. The van der Waals surface area contributed by atoms with E-state index in [9.17, 15) is 0 Å². The zero-order valence-corrected chi connectivity index (χ0v) is 14.4. The van der Waals surface area contributed by atoms with Gasteiger partial charge in [0.05, 0.1) is 11.2 Å². The van der Waals surface area contributed by atoms with E-state index in [-0.39, 0.29) is 17.2 Å². The van der Waals surface area contributed by atoms with E-state index in [1.807, 2.05) is 18.2 Å². The largest absolute Gasteiger partial charge is 0.368 e. The van der Waals surface area contributed by atoms with Crippen LogP contribution in [0.1, 0.15) is 33.3 Å². The van der Waals surface area contributed by atoms with Crippen molar-refractivity contribution in [3.8, 4) is 0 Å². The zero-order chi connectivity index (χ0) is 15.8. The Morgan fingerprint density at radius 1 is 1.24 bits per heavy atom. The van der Waals surface area contributed by atoms with Crippen molar-refractivity contribution in [2.24, 2.45) is 11.7 Å². The molecule has 2 N–H and O–H groups in total. The summed E-state index contributed by atoms with van der Waals surface area (Å²) in [6.07, 6.45) is 0. The van der Waals surface area contributed by atoms with Gasteiger partial charge in [0.25, 0.3) is 0 Å². The summed E-state index contributed by atoms with van der Waals surface area (Å²) in [5.74, 6) is 0.302. The fourth-order valence-electron chi connectivity index (χ4n) is 3.42. The third-order valence-corrected chi connectivity index (χ3v) is 4.74. The summed E-state index contributed by atoms with van der Waals surface area (Å²) in [4.78, 5) is 2.29. The lowest BCUT2D eigenvalue weighted by atomic mass is 9.83. The zero-order valence-electron chi connectivity index (χ0n) is 13.7. The highest BCUT2D eigenvalue weighted by Gasteiger charge is 2.52. The van der Waals surface area contributed by atoms with Gasteiger partial charge in [-0.2, -0.15) is 0 Å². The van der Waals surface area contributed by atoms with E-state index in [0.717, 1.165) is 18.1 Å². The van der Waals surface area contributed by atoms with Crippen LogP contribution in [0.5, 0.6) is 0 Å². The summed E-state index contributed by atoms with van der Waals surface area (Å²) in [6, 6.07) is 8.04. The first-order valence-electron chi connectivity index (χ1n) is 7.50. The quantitative estimate of drug-likeness (QED) is 0.927. The SMILES string of the molecule is CN(Cc1cccc(Cl)c1)CC1C(N)C(C)(C)OC1(C)C. The minimum Gasteiger partial charge on any atom is -0.368 e. The van der Waals surface area contributed by atoms with E-state index >= 15 is 0 Å². The molecule has 0 bridgehead atoms. The number of ether oxygens (including phenoxy) is 1. The molecular weight excluding hydrogens is 284 g/mol. The van der Waals surface area contributed by atoms with Gasteiger partial charge in [-0.1, -0.05) is 23.7 Å². The summed E-state index contributed by atoms with van der Waals surface area (Å²) in [6.45, 7) is 10.2. The van der Waals surface area contributed by atoms with E-state index in [4.69, 9.17) is 22.1 Å². The van der Waals surface area contributed by atoms with Crippen molar-refractivity contribution in [3.05, 3.63) is 34.9 Å². The van der Waals surface area contributed by atoms with E-state index in [0.29, 0.717) is 5.92 Å². The topological polar surface area (TPSA) is 38.5 Å². The molecule has 0 amide bonds. The standard InChI is InChI=1S/C17H27ClN2O/c1-16(2)14(15(19)17(3,4)21-16)11-20(5)10-12-7-6-8-13(18)9-12/h6-9,14-15H,10-11,19H2,1-5H3. The third-order valence-electron chi connectivity index (χ3n) is 4.51. The maximum atomic E-state index is 6.43. The molecule has 2 rings (SSSR count). The molecule has 1 aromatic carbocycles. The Bertz CT molecular complexity index is 501. The van der Waals surface area contributed by atoms with E-state index in [2.05, 4.69) is 45.7 Å². The van der Waals surface area contributed by atoms with E-state index in [1.54, 1.807) is 0 Å². The maximum Gasteiger partial charge on any atom is 0.0788 e. The third kappa shape index (κ3) is 3.78. The Morgan fingerprint density at radius 2 is 1.90 bits per heavy atom. The van der Waals surface area contributed by atoms with Crippen molar-refractivity contribution in [3.63, 3.8) is 0 Å². The van der Waals surface area contributed by atoms with Crippen molar-refractivity contribution >= 4 is 11.6 Å². The first-order valence-corrected chi connectivity index (χ1v) is 7.88. The Labute approximate surface area is 133 Å². The second kappa shape index (κ2) is 5.88. The lowest BCUT2D eigenvalue weighted by Gasteiger charge is -2.31. The van der Waals surface area contributed by atoms with Gasteiger partial charge in [0.2, 0.25) is 0 Å². The molecule has 118 valence electrons. The molecule has 1 heterocycles. The molecule has 1 fully saturated rings. The molecule has 1 aliphatic rings. The van der Waals surface area contributed by atoms with E-state index in [1.165, 1.54) is 5.56 Å². The maximum absolute atomic E-state index is 6.43. The highest BCUT2D eigenvalue weighted by Crippen LogP contribution is 2.41. The van der Waals surface area contributed by atoms with Crippen LogP contribution in [-0.2, 0) is 11.3 Å². The number of benzene rings is 1. The molecule has 21 heavy (non-hydrogen) atoms. The molecule has 2 atom stereocenters. The van der Waals surface area contributed by atoms with Crippen molar-refractivity contribution < 1.29 is 4.74 Å². The lowest BCUT2D eigenvalue weighted by Crippen LogP contribution is -2.47. The van der Waals surface area contributed by atoms with Gasteiger partial charge < -0.3 is 15.4 Å². The van der Waals surface area contributed by atoms with Crippen LogP contribution in [0, 0.1) is 5.92 Å². The summed E-state index contributed by atoms with van der Waals surface area (Å²) in [5, 5.41) is 0.781. The molecular formula is C17H27ClN2O. The first-order chi connectivity index (χ1) is 9.62. The van der Waals surface area contributed by atoms with Crippen LogP contribution >= 0.6 is 11.6 Å².